The Bertz CT molecular complexity index is 1720. The van der Waals surface area contributed by atoms with Crippen molar-refractivity contribution in [2.75, 3.05) is 39.6 Å². The van der Waals surface area contributed by atoms with Gasteiger partial charge in [-0.05, 0) is 43.4 Å². The van der Waals surface area contributed by atoms with E-state index in [4.69, 9.17) is 37.0 Å². The molecule has 0 aromatic carbocycles. The van der Waals surface area contributed by atoms with Crippen LogP contribution in [0.15, 0.2) is 0 Å². The molecule has 0 aromatic rings. The van der Waals surface area contributed by atoms with Gasteiger partial charge in [0.2, 0.25) is 0 Å². The fraction of sp³-hybridized carbons (Fsp3) is 0.941. The molecule has 19 heteroatoms. The van der Waals surface area contributed by atoms with E-state index in [-0.39, 0.29) is 25.7 Å². The van der Waals surface area contributed by atoms with E-state index in [0.717, 1.165) is 114 Å². The number of phosphoric acid groups is 2. The zero-order chi connectivity index (χ0) is 64.5. The molecule has 516 valence electrons. The van der Waals surface area contributed by atoms with Gasteiger partial charge in [0.1, 0.15) is 19.3 Å². The zero-order valence-corrected chi connectivity index (χ0v) is 58.3. The van der Waals surface area contributed by atoms with Crippen molar-refractivity contribution in [2.24, 2.45) is 17.8 Å². The van der Waals surface area contributed by atoms with Crippen LogP contribution in [0.4, 0.5) is 0 Å². The van der Waals surface area contributed by atoms with E-state index in [2.05, 4.69) is 48.5 Å². The first-order valence-electron chi connectivity index (χ1n) is 35.4. The van der Waals surface area contributed by atoms with E-state index in [1.807, 2.05) is 0 Å². The van der Waals surface area contributed by atoms with E-state index in [1.165, 1.54) is 141 Å². The number of aliphatic hydroxyl groups is 1. The van der Waals surface area contributed by atoms with Gasteiger partial charge in [0.15, 0.2) is 12.2 Å². The van der Waals surface area contributed by atoms with E-state index in [9.17, 15) is 43.2 Å². The first kappa shape index (κ1) is 85.1. The molecule has 7 atom stereocenters. The van der Waals surface area contributed by atoms with E-state index >= 15 is 0 Å². The smallest absolute Gasteiger partial charge is 0.462 e. The summed E-state index contributed by atoms with van der Waals surface area (Å²) in [6, 6.07) is 0. The summed E-state index contributed by atoms with van der Waals surface area (Å²) in [5.74, 6) is 0.239. The lowest BCUT2D eigenvalue weighted by Crippen LogP contribution is -2.30. The second-order valence-corrected chi connectivity index (χ2v) is 28.4. The molecule has 0 aliphatic carbocycles. The summed E-state index contributed by atoms with van der Waals surface area (Å²) in [6.07, 6.45) is 41.8. The predicted molar refractivity (Wildman–Crippen MR) is 349 cm³/mol. The molecule has 0 spiro atoms. The molecule has 0 aliphatic heterocycles. The molecule has 0 fully saturated rings. The van der Waals surface area contributed by atoms with E-state index < -0.39 is 97.5 Å². The summed E-state index contributed by atoms with van der Waals surface area (Å²) in [5, 5.41) is 10.5. The van der Waals surface area contributed by atoms with Gasteiger partial charge in [-0.2, -0.15) is 0 Å². The van der Waals surface area contributed by atoms with Crippen LogP contribution in [0, 0.1) is 17.8 Å². The van der Waals surface area contributed by atoms with Gasteiger partial charge in [0.25, 0.3) is 0 Å². The van der Waals surface area contributed by atoms with Gasteiger partial charge in [0, 0.05) is 25.7 Å². The standard InChI is InChI=1S/C68H132O17P2/c1-8-11-12-32-42-49-65(70)78-55-63(84-67(72)52-45-38-31-25-19-17-22-28-35-41-48-61(7)10-3)57-82-86(74,75)80-53-62(69)54-81-87(76,77)83-58-64(85-68(73)51-44-37-30-24-15-13-14-20-26-33-39-46-59(4)5)56-79-66(71)50-43-36-29-23-18-16-21-27-34-40-47-60(6)9-2/h59-64,69H,8-58H2,1-7H3,(H,74,75)(H,76,77)/t60?,61?,62-,63+,64+/m0/s1. The lowest BCUT2D eigenvalue weighted by atomic mass is 9.99. The highest BCUT2D eigenvalue weighted by Gasteiger charge is 2.30. The topological polar surface area (TPSA) is 237 Å². The normalized spacial score (nSPS) is 14.9. The first-order valence-corrected chi connectivity index (χ1v) is 38.4. The highest BCUT2D eigenvalue weighted by Crippen LogP contribution is 2.45. The third-order valence-corrected chi connectivity index (χ3v) is 18.3. The Balaban J connectivity index is 5.18. The molecule has 0 aliphatic rings. The van der Waals surface area contributed by atoms with Crippen LogP contribution in [-0.4, -0.2) is 96.7 Å². The number of hydrogen-bond donors (Lipinski definition) is 3. The molecule has 0 saturated heterocycles. The van der Waals surface area contributed by atoms with Crippen LogP contribution in [0.25, 0.3) is 0 Å². The summed E-state index contributed by atoms with van der Waals surface area (Å²) in [6.45, 7) is 11.8. The number of unbranched alkanes of at least 4 members (excludes halogenated alkanes) is 32. The second-order valence-electron chi connectivity index (χ2n) is 25.5. The molecular formula is C68H132O17P2. The molecule has 0 heterocycles. The van der Waals surface area contributed by atoms with Crippen molar-refractivity contribution in [3.05, 3.63) is 0 Å². The van der Waals surface area contributed by atoms with Crippen LogP contribution in [0.2, 0.25) is 0 Å². The first-order chi connectivity index (χ1) is 41.8. The largest absolute Gasteiger partial charge is 0.472 e. The highest BCUT2D eigenvalue weighted by atomic mass is 31.2. The molecule has 0 radical (unpaired) electrons. The molecular weight excluding hydrogens is 1150 g/mol. The second kappa shape index (κ2) is 59.1. The summed E-state index contributed by atoms with van der Waals surface area (Å²) < 4.78 is 68.0. The van der Waals surface area contributed by atoms with Crippen LogP contribution in [0.1, 0.15) is 337 Å². The Morgan fingerprint density at radius 2 is 0.586 bits per heavy atom. The van der Waals surface area contributed by atoms with Crippen LogP contribution >= 0.6 is 15.6 Å². The van der Waals surface area contributed by atoms with Crippen molar-refractivity contribution >= 4 is 39.5 Å². The number of aliphatic hydroxyl groups excluding tert-OH is 1. The van der Waals surface area contributed by atoms with Crippen molar-refractivity contribution in [1.29, 1.82) is 0 Å². The minimum absolute atomic E-state index is 0.105. The maximum absolute atomic E-state index is 13.0. The van der Waals surface area contributed by atoms with Gasteiger partial charge in [-0.15, -0.1) is 0 Å². The Morgan fingerprint density at radius 3 is 0.874 bits per heavy atom. The van der Waals surface area contributed by atoms with Crippen molar-refractivity contribution in [2.45, 2.75) is 356 Å². The number of carbonyl (C=O) groups excluding carboxylic acids is 4. The minimum Gasteiger partial charge on any atom is -0.462 e. The minimum atomic E-state index is -4.95. The summed E-state index contributed by atoms with van der Waals surface area (Å²) >= 11 is 0. The van der Waals surface area contributed by atoms with Crippen LogP contribution in [-0.2, 0) is 65.4 Å². The van der Waals surface area contributed by atoms with Crippen LogP contribution in [0.5, 0.6) is 0 Å². The van der Waals surface area contributed by atoms with Gasteiger partial charge < -0.3 is 33.8 Å². The van der Waals surface area contributed by atoms with Gasteiger partial charge >= 0.3 is 39.5 Å². The zero-order valence-electron chi connectivity index (χ0n) is 56.5. The molecule has 87 heavy (non-hydrogen) atoms. The quantitative estimate of drug-likeness (QED) is 0.0222. The molecule has 3 N–H and O–H groups in total. The average Bonchev–Trinajstić information content (AvgIpc) is 3.54. The fourth-order valence-electron chi connectivity index (χ4n) is 10.1. The van der Waals surface area contributed by atoms with Gasteiger partial charge in [-0.25, -0.2) is 9.13 Å². The number of hydrogen-bond acceptors (Lipinski definition) is 15. The molecule has 0 bridgehead atoms. The Kier molecular flexibility index (Phi) is 57.8. The number of ether oxygens (including phenoxy) is 4. The molecule has 0 saturated carbocycles. The van der Waals surface area contributed by atoms with Crippen LogP contribution < -0.4 is 0 Å². The van der Waals surface area contributed by atoms with Crippen molar-refractivity contribution in [1.82, 2.24) is 0 Å². The maximum Gasteiger partial charge on any atom is 0.472 e. The molecule has 0 amide bonds. The van der Waals surface area contributed by atoms with Gasteiger partial charge in [0.05, 0.1) is 26.4 Å². The number of phosphoric ester groups is 2. The summed E-state index contributed by atoms with van der Waals surface area (Å²) in [5.41, 5.74) is 0. The predicted octanol–water partition coefficient (Wildman–Crippen LogP) is 19.1. The lowest BCUT2D eigenvalue weighted by molar-refractivity contribution is -0.161. The van der Waals surface area contributed by atoms with Gasteiger partial charge in [-0.3, -0.25) is 37.3 Å². The SMILES string of the molecule is CCCCCCCC(=O)OC[C@H](COP(=O)(O)OC[C@H](O)COP(=O)(O)OC[C@@H](COC(=O)CCCCCCCCCCCCC(C)CC)OC(=O)CCCCCCCCCCCCCC(C)C)OC(=O)CCCCCCCCCCCCC(C)CC. The van der Waals surface area contributed by atoms with Crippen LogP contribution in [0.3, 0.4) is 0 Å². The molecule has 0 rings (SSSR count). The summed E-state index contributed by atoms with van der Waals surface area (Å²) in [7, 11) is -9.89. The fourth-order valence-corrected chi connectivity index (χ4v) is 11.7. The molecule has 0 aromatic heterocycles. The lowest BCUT2D eigenvalue weighted by Gasteiger charge is -2.21. The van der Waals surface area contributed by atoms with Crippen molar-refractivity contribution < 1.29 is 80.2 Å². The van der Waals surface area contributed by atoms with E-state index in [1.54, 1.807) is 0 Å². The van der Waals surface area contributed by atoms with E-state index in [0.29, 0.717) is 25.7 Å². The summed E-state index contributed by atoms with van der Waals surface area (Å²) in [4.78, 5) is 72.2. The molecule has 17 nitrogen and oxygen atoms in total. The Hall–Kier alpha value is -1.94. The number of rotatable bonds is 66. The Labute approximate surface area is 530 Å². The Morgan fingerprint density at radius 1 is 0.333 bits per heavy atom. The van der Waals surface area contributed by atoms with Crippen molar-refractivity contribution in [3.63, 3.8) is 0 Å². The number of carbonyl (C=O) groups is 4. The van der Waals surface area contributed by atoms with Gasteiger partial charge in [-0.1, -0.05) is 286 Å². The number of esters is 4. The molecule has 4 unspecified atom stereocenters. The maximum atomic E-state index is 13.0. The average molecular weight is 1280 g/mol. The highest BCUT2D eigenvalue weighted by molar-refractivity contribution is 7.47. The monoisotopic (exact) mass is 1280 g/mol. The van der Waals surface area contributed by atoms with Crippen molar-refractivity contribution in [3.8, 4) is 0 Å². The third kappa shape index (κ3) is 60.1. The third-order valence-electron chi connectivity index (χ3n) is 16.4.